The van der Waals surface area contributed by atoms with Gasteiger partial charge in [-0.2, -0.15) is 0 Å². The Morgan fingerprint density at radius 2 is 2.11 bits per heavy atom. The highest BCUT2D eigenvalue weighted by atomic mass is 15.1. The summed E-state index contributed by atoms with van der Waals surface area (Å²) in [6, 6.07) is 6.07. The third-order valence-corrected chi connectivity index (χ3v) is 3.22. The average Bonchev–Trinajstić information content (AvgIpc) is 2.35. The van der Waals surface area contributed by atoms with Crippen LogP contribution in [0, 0.1) is 11.8 Å². The van der Waals surface area contributed by atoms with Crippen molar-refractivity contribution in [1.29, 1.82) is 0 Å². The van der Waals surface area contributed by atoms with Gasteiger partial charge in [-0.15, -0.1) is 0 Å². The lowest BCUT2D eigenvalue weighted by Crippen LogP contribution is -2.25. The van der Waals surface area contributed by atoms with Gasteiger partial charge in [0.25, 0.3) is 0 Å². The molecule has 0 saturated carbocycles. The van der Waals surface area contributed by atoms with Gasteiger partial charge in [-0.05, 0) is 56.9 Å². The van der Waals surface area contributed by atoms with Crippen LogP contribution in [0.25, 0.3) is 0 Å². The first-order chi connectivity index (χ1) is 8.61. The van der Waals surface area contributed by atoms with E-state index in [2.05, 4.69) is 36.8 Å². The first kappa shape index (κ1) is 15.1. The minimum Gasteiger partial charge on any atom is -0.330 e. The number of nitrogens with two attached hydrogens (primary N) is 1. The monoisotopic (exact) mass is 249 g/mol. The van der Waals surface area contributed by atoms with E-state index in [-0.39, 0.29) is 0 Å². The first-order valence-corrected chi connectivity index (χ1v) is 6.90. The Kier molecular flexibility index (Phi) is 6.91. The number of hydrogen-bond donors (Lipinski definition) is 1. The molecule has 3 nitrogen and oxygen atoms in total. The fourth-order valence-electron chi connectivity index (χ4n) is 2.25. The molecular weight excluding hydrogens is 222 g/mol. The zero-order valence-electron chi connectivity index (χ0n) is 12.0. The van der Waals surface area contributed by atoms with Crippen molar-refractivity contribution in [3.63, 3.8) is 0 Å². The van der Waals surface area contributed by atoms with Crippen LogP contribution in [0.4, 0.5) is 0 Å². The predicted molar refractivity (Wildman–Crippen MR) is 77.2 cm³/mol. The zero-order chi connectivity index (χ0) is 13.4. The Morgan fingerprint density at radius 3 is 2.67 bits per heavy atom. The summed E-state index contributed by atoms with van der Waals surface area (Å²) in [4.78, 5) is 6.67. The molecule has 0 aliphatic heterocycles. The molecule has 0 radical (unpaired) electrons. The van der Waals surface area contributed by atoms with Crippen molar-refractivity contribution >= 4 is 0 Å². The molecule has 0 aromatic carbocycles. The van der Waals surface area contributed by atoms with Crippen molar-refractivity contribution in [2.24, 2.45) is 17.6 Å². The molecule has 0 aliphatic carbocycles. The van der Waals surface area contributed by atoms with Crippen molar-refractivity contribution in [2.45, 2.75) is 33.2 Å². The smallest absolute Gasteiger partial charge is 0.0543 e. The summed E-state index contributed by atoms with van der Waals surface area (Å²) in [5.41, 5.74) is 6.96. The van der Waals surface area contributed by atoms with E-state index in [0.717, 1.165) is 31.2 Å². The van der Waals surface area contributed by atoms with Crippen LogP contribution in [0.1, 0.15) is 32.4 Å². The molecule has 0 spiro atoms. The highest BCUT2D eigenvalue weighted by Crippen LogP contribution is 2.14. The van der Waals surface area contributed by atoms with Gasteiger partial charge >= 0.3 is 0 Å². The number of rotatable bonds is 8. The third kappa shape index (κ3) is 6.12. The number of pyridine rings is 1. The molecule has 0 aliphatic rings. The fraction of sp³-hybridized carbons (Fsp3) is 0.667. The standard InChI is InChI=1S/C15H27N3/c1-13(2)10-14(11-16)7-9-18(3)12-15-6-4-5-8-17-15/h4-6,8,13-14H,7,9-12,16H2,1-3H3. The van der Waals surface area contributed by atoms with Crippen molar-refractivity contribution in [2.75, 3.05) is 20.1 Å². The van der Waals surface area contributed by atoms with Crippen molar-refractivity contribution in [1.82, 2.24) is 9.88 Å². The molecule has 0 bridgehead atoms. The van der Waals surface area contributed by atoms with Crippen LogP contribution in [-0.4, -0.2) is 30.0 Å². The minimum atomic E-state index is 0.649. The molecule has 18 heavy (non-hydrogen) atoms. The largest absolute Gasteiger partial charge is 0.330 e. The highest BCUT2D eigenvalue weighted by molar-refractivity contribution is 5.02. The van der Waals surface area contributed by atoms with E-state index < -0.39 is 0 Å². The van der Waals surface area contributed by atoms with E-state index in [1.807, 2.05) is 18.3 Å². The zero-order valence-corrected chi connectivity index (χ0v) is 12.0. The second kappa shape index (κ2) is 8.22. The molecule has 1 atom stereocenters. The van der Waals surface area contributed by atoms with Gasteiger partial charge < -0.3 is 10.6 Å². The van der Waals surface area contributed by atoms with Gasteiger partial charge in [0.2, 0.25) is 0 Å². The van der Waals surface area contributed by atoms with Crippen LogP contribution in [0.2, 0.25) is 0 Å². The van der Waals surface area contributed by atoms with Crippen LogP contribution in [0.3, 0.4) is 0 Å². The lowest BCUT2D eigenvalue weighted by Gasteiger charge is -2.21. The molecule has 1 rings (SSSR count). The Labute approximate surface area is 111 Å². The van der Waals surface area contributed by atoms with E-state index in [0.29, 0.717) is 5.92 Å². The second-order valence-corrected chi connectivity index (χ2v) is 5.58. The van der Waals surface area contributed by atoms with Gasteiger partial charge in [0, 0.05) is 12.7 Å². The summed E-state index contributed by atoms with van der Waals surface area (Å²) in [5, 5.41) is 0. The van der Waals surface area contributed by atoms with Crippen LogP contribution in [0.5, 0.6) is 0 Å². The Bertz CT molecular complexity index is 311. The molecule has 0 fully saturated rings. The van der Waals surface area contributed by atoms with E-state index in [4.69, 9.17) is 5.73 Å². The normalized spacial score (nSPS) is 13.2. The predicted octanol–water partition coefficient (Wildman–Crippen LogP) is 2.52. The summed E-state index contributed by atoms with van der Waals surface area (Å²) in [5.74, 6) is 1.39. The fourth-order valence-corrected chi connectivity index (χ4v) is 2.25. The Hall–Kier alpha value is -0.930. The Balaban J connectivity index is 2.29. The maximum absolute atomic E-state index is 5.83. The second-order valence-electron chi connectivity index (χ2n) is 5.58. The van der Waals surface area contributed by atoms with Crippen molar-refractivity contribution < 1.29 is 0 Å². The van der Waals surface area contributed by atoms with Gasteiger partial charge in [0.1, 0.15) is 0 Å². The van der Waals surface area contributed by atoms with Gasteiger partial charge in [0.05, 0.1) is 5.69 Å². The molecule has 2 N–H and O–H groups in total. The van der Waals surface area contributed by atoms with Crippen LogP contribution in [0.15, 0.2) is 24.4 Å². The van der Waals surface area contributed by atoms with Crippen LogP contribution >= 0.6 is 0 Å². The number of hydrogen-bond acceptors (Lipinski definition) is 3. The summed E-state index contributed by atoms with van der Waals surface area (Å²) >= 11 is 0. The summed E-state index contributed by atoms with van der Waals surface area (Å²) in [7, 11) is 2.15. The molecule has 1 heterocycles. The van der Waals surface area contributed by atoms with Gasteiger partial charge in [-0.1, -0.05) is 19.9 Å². The van der Waals surface area contributed by atoms with Crippen molar-refractivity contribution in [3.8, 4) is 0 Å². The minimum absolute atomic E-state index is 0.649. The van der Waals surface area contributed by atoms with Crippen molar-refractivity contribution in [3.05, 3.63) is 30.1 Å². The average molecular weight is 249 g/mol. The molecule has 1 unspecified atom stereocenters. The number of aromatic nitrogens is 1. The summed E-state index contributed by atoms with van der Waals surface area (Å²) in [6.07, 6.45) is 4.26. The molecule has 0 amide bonds. The topological polar surface area (TPSA) is 42.1 Å². The SMILES string of the molecule is CC(C)CC(CN)CCN(C)Cc1ccccn1. The molecule has 1 aromatic rings. The van der Waals surface area contributed by atoms with Gasteiger partial charge in [0.15, 0.2) is 0 Å². The maximum atomic E-state index is 5.83. The molecule has 1 aromatic heterocycles. The molecule has 0 saturated heterocycles. The van der Waals surface area contributed by atoms with E-state index in [1.54, 1.807) is 0 Å². The Morgan fingerprint density at radius 1 is 1.33 bits per heavy atom. The van der Waals surface area contributed by atoms with Crippen LogP contribution in [-0.2, 0) is 6.54 Å². The third-order valence-electron chi connectivity index (χ3n) is 3.22. The lowest BCUT2D eigenvalue weighted by atomic mass is 9.94. The quantitative estimate of drug-likeness (QED) is 0.770. The molecule has 3 heteroatoms. The molecule has 102 valence electrons. The highest BCUT2D eigenvalue weighted by Gasteiger charge is 2.10. The van der Waals surface area contributed by atoms with Gasteiger partial charge in [-0.3, -0.25) is 4.98 Å². The van der Waals surface area contributed by atoms with E-state index >= 15 is 0 Å². The first-order valence-electron chi connectivity index (χ1n) is 6.90. The van der Waals surface area contributed by atoms with E-state index in [9.17, 15) is 0 Å². The summed E-state index contributed by atoms with van der Waals surface area (Å²) < 4.78 is 0. The number of nitrogens with zero attached hydrogens (tertiary/aromatic N) is 2. The van der Waals surface area contributed by atoms with E-state index in [1.165, 1.54) is 12.8 Å². The molecular formula is C15H27N3. The summed E-state index contributed by atoms with van der Waals surface area (Å²) in [6.45, 7) is 7.33. The van der Waals surface area contributed by atoms with Crippen LogP contribution < -0.4 is 5.73 Å². The maximum Gasteiger partial charge on any atom is 0.0543 e. The van der Waals surface area contributed by atoms with Gasteiger partial charge in [-0.25, -0.2) is 0 Å². The lowest BCUT2D eigenvalue weighted by molar-refractivity contribution is 0.276.